The van der Waals surface area contributed by atoms with Gasteiger partial charge in [0.15, 0.2) is 0 Å². The van der Waals surface area contributed by atoms with Crippen LogP contribution in [0.1, 0.15) is 11.1 Å². The minimum atomic E-state index is -3.51. The Kier molecular flexibility index (Phi) is 4.23. The summed E-state index contributed by atoms with van der Waals surface area (Å²) in [5.74, 6) is 0. The smallest absolute Gasteiger partial charge is 0.243 e. The molecule has 17 heavy (non-hydrogen) atoms. The van der Waals surface area contributed by atoms with Crippen molar-refractivity contribution in [1.29, 1.82) is 5.26 Å². The molecule has 0 unspecified atom stereocenters. The highest BCUT2D eigenvalue weighted by molar-refractivity contribution is 7.89. The van der Waals surface area contributed by atoms with Gasteiger partial charge in [-0.05, 0) is 30.7 Å². The summed E-state index contributed by atoms with van der Waals surface area (Å²) in [6.45, 7) is 2.21. The molecular formula is C11H15N3O2S. The lowest BCUT2D eigenvalue weighted by atomic mass is 10.2. The van der Waals surface area contributed by atoms with Crippen LogP contribution >= 0.6 is 0 Å². The Balaban J connectivity index is 3.21. The highest BCUT2D eigenvalue weighted by Gasteiger charge is 2.21. The fraction of sp³-hybridized carbons (Fsp3) is 0.364. The number of benzene rings is 1. The zero-order valence-corrected chi connectivity index (χ0v) is 10.7. The zero-order valence-electron chi connectivity index (χ0n) is 9.84. The summed E-state index contributed by atoms with van der Waals surface area (Å²) >= 11 is 0. The maximum absolute atomic E-state index is 12.1. The highest BCUT2D eigenvalue weighted by Crippen LogP contribution is 2.19. The topological polar surface area (TPSA) is 87.2 Å². The Bertz CT molecular complexity index is 546. The van der Waals surface area contributed by atoms with E-state index < -0.39 is 10.0 Å². The molecule has 0 atom stereocenters. The van der Waals surface area contributed by atoms with Gasteiger partial charge in [0.05, 0.1) is 16.5 Å². The molecule has 6 heteroatoms. The summed E-state index contributed by atoms with van der Waals surface area (Å²) < 4.78 is 25.5. The van der Waals surface area contributed by atoms with E-state index in [4.69, 9.17) is 11.0 Å². The molecule has 5 nitrogen and oxygen atoms in total. The minimum absolute atomic E-state index is 0.215. The first kappa shape index (κ1) is 13.6. The molecule has 0 spiro atoms. The van der Waals surface area contributed by atoms with Crippen LogP contribution in [-0.4, -0.2) is 32.9 Å². The summed E-state index contributed by atoms with van der Waals surface area (Å²) in [7, 11) is -2.03. The van der Waals surface area contributed by atoms with Crippen molar-refractivity contribution in [2.24, 2.45) is 5.73 Å². The van der Waals surface area contributed by atoms with Crippen LogP contribution in [0.3, 0.4) is 0 Å². The molecule has 0 bridgehead atoms. The van der Waals surface area contributed by atoms with E-state index in [2.05, 4.69) is 0 Å². The quantitative estimate of drug-likeness (QED) is 0.843. The van der Waals surface area contributed by atoms with Crippen LogP contribution in [0, 0.1) is 18.3 Å². The van der Waals surface area contributed by atoms with Gasteiger partial charge < -0.3 is 5.73 Å². The molecule has 92 valence electrons. The third-order valence-electron chi connectivity index (χ3n) is 2.44. The molecule has 1 rings (SSSR count). The molecule has 0 aliphatic carbocycles. The number of sulfonamides is 1. The predicted molar refractivity (Wildman–Crippen MR) is 64.8 cm³/mol. The molecular weight excluding hydrogens is 238 g/mol. The van der Waals surface area contributed by atoms with Gasteiger partial charge in [0.25, 0.3) is 0 Å². The fourth-order valence-corrected chi connectivity index (χ4v) is 2.87. The van der Waals surface area contributed by atoms with Crippen molar-refractivity contribution in [3.63, 3.8) is 0 Å². The summed E-state index contributed by atoms with van der Waals surface area (Å²) in [5, 5.41) is 8.72. The minimum Gasteiger partial charge on any atom is -0.329 e. The average Bonchev–Trinajstić information content (AvgIpc) is 2.28. The Morgan fingerprint density at radius 1 is 1.47 bits per heavy atom. The second kappa shape index (κ2) is 5.27. The molecule has 0 saturated heterocycles. The third-order valence-corrected chi connectivity index (χ3v) is 4.45. The van der Waals surface area contributed by atoms with Gasteiger partial charge in [0.1, 0.15) is 0 Å². The van der Waals surface area contributed by atoms with Crippen molar-refractivity contribution in [3.8, 4) is 6.07 Å². The fourth-order valence-electron chi connectivity index (χ4n) is 1.48. The lowest BCUT2D eigenvalue weighted by molar-refractivity contribution is 0.476. The Morgan fingerprint density at radius 3 is 2.59 bits per heavy atom. The first-order chi connectivity index (χ1) is 7.93. The van der Waals surface area contributed by atoms with Crippen molar-refractivity contribution < 1.29 is 8.42 Å². The van der Waals surface area contributed by atoms with E-state index in [1.807, 2.05) is 6.07 Å². The molecule has 0 radical (unpaired) electrons. The van der Waals surface area contributed by atoms with Gasteiger partial charge in [0, 0.05) is 20.1 Å². The van der Waals surface area contributed by atoms with Crippen molar-refractivity contribution >= 4 is 10.0 Å². The number of nitrogens with two attached hydrogens (primary N) is 1. The van der Waals surface area contributed by atoms with Gasteiger partial charge in [-0.3, -0.25) is 0 Å². The first-order valence-electron chi connectivity index (χ1n) is 5.10. The number of nitrogens with zero attached hydrogens (tertiary/aromatic N) is 2. The van der Waals surface area contributed by atoms with E-state index in [-0.39, 0.29) is 18.0 Å². The third kappa shape index (κ3) is 2.82. The molecule has 1 aromatic rings. The standard InChI is InChI=1S/C11H15N3O2S/c1-9-7-10(8-13)3-4-11(9)17(15,16)14(2)6-5-12/h3-4,7H,5-6,12H2,1-2H3. The largest absolute Gasteiger partial charge is 0.329 e. The van der Waals surface area contributed by atoms with Gasteiger partial charge in [-0.1, -0.05) is 0 Å². The number of nitriles is 1. The Labute approximate surface area is 102 Å². The van der Waals surface area contributed by atoms with E-state index in [0.29, 0.717) is 11.1 Å². The van der Waals surface area contributed by atoms with Gasteiger partial charge in [0.2, 0.25) is 10.0 Å². The second-order valence-electron chi connectivity index (χ2n) is 3.71. The molecule has 0 aliphatic heterocycles. The number of likely N-dealkylation sites (N-methyl/N-ethyl adjacent to an activating group) is 1. The monoisotopic (exact) mass is 253 g/mol. The molecule has 1 aromatic carbocycles. The van der Waals surface area contributed by atoms with E-state index in [9.17, 15) is 8.42 Å². The molecule has 0 aromatic heterocycles. The van der Waals surface area contributed by atoms with Crippen LogP contribution in [0.5, 0.6) is 0 Å². The van der Waals surface area contributed by atoms with Gasteiger partial charge >= 0.3 is 0 Å². The van der Waals surface area contributed by atoms with Crippen LogP contribution in [0.15, 0.2) is 23.1 Å². The predicted octanol–water partition coefficient (Wildman–Crippen LogP) is 0.446. The van der Waals surface area contributed by atoms with Crippen LogP contribution in [0.2, 0.25) is 0 Å². The van der Waals surface area contributed by atoms with Crippen LogP contribution in [0.4, 0.5) is 0 Å². The summed E-state index contributed by atoms with van der Waals surface area (Å²) in [6.07, 6.45) is 0. The lowest BCUT2D eigenvalue weighted by Gasteiger charge is -2.17. The van der Waals surface area contributed by atoms with Crippen molar-refractivity contribution in [2.75, 3.05) is 20.1 Å². The molecule has 0 heterocycles. The number of rotatable bonds is 4. The molecule has 0 aliphatic rings. The Morgan fingerprint density at radius 2 is 2.12 bits per heavy atom. The highest BCUT2D eigenvalue weighted by atomic mass is 32.2. The number of aryl methyl sites for hydroxylation is 1. The van der Waals surface area contributed by atoms with Crippen LogP contribution in [0.25, 0.3) is 0 Å². The van der Waals surface area contributed by atoms with E-state index in [1.54, 1.807) is 13.0 Å². The maximum atomic E-state index is 12.1. The maximum Gasteiger partial charge on any atom is 0.243 e. The second-order valence-corrected chi connectivity index (χ2v) is 5.72. The average molecular weight is 253 g/mol. The van der Waals surface area contributed by atoms with Crippen LogP contribution < -0.4 is 5.73 Å². The molecule has 0 fully saturated rings. The zero-order chi connectivity index (χ0) is 13.1. The van der Waals surface area contributed by atoms with Crippen molar-refractivity contribution in [2.45, 2.75) is 11.8 Å². The van der Waals surface area contributed by atoms with Crippen molar-refractivity contribution in [3.05, 3.63) is 29.3 Å². The first-order valence-corrected chi connectivity index (χ1v) is 6.54. The normalized spacial score (nSPS) is 11.5. The van der Waals surface area contributed by atoms with E-state index >= 15 is 0 Å². The summed E-state index contributed by atoms with van der Waals surface area (Å²) in [6, 6.07) is 6.48. The van der Waals surface area contributed by atoms with E-state index in [1.165, 1.54) is 23.5 Å². The summed E-state index contributed by atoms with van der Waals surface area (Å²) in [5.41, 5.74) is 6.35. The number of hydrogen-bond donors (Lipinski definition) is 1. The van der Waals surface area contributed by atoms with Gasteiger partial charge in [-0.25, -0.2) is 8.42 Å². The van der Waals surface area contributed by atoms with Gasteiger partial charge in [-0.2, -0.15) is 9.57 Å². The lowest BCUT2D eigenvalue weighted by Crippen LogP contribution is -2.32. The molecule has 0 amide bonds. The SMILES string of the molecule is Cc1cc(C#N)ccc1S(=O)(=O)N(C)CCN. The Hall–Kier alpha value is -1.42. The molecule has 2 N–H and O–H groups in total. The van der Waals surface area contributed by atoms with Crippen molar-refractivity contribution in [1.82, 2.24) is 4.31 Å². The summed E-state index contributed by atoms with van der Waals surface area (Å²) in [4.78, 5) is 0.215. The van der Waals surface area contributed by atoms with E-state index in [0.717, 1.165) is 0 Å². The number of hydrogen-bond acceptors (Lipinski definition) is 4. The molecule has 0 saturated carbocycles. The van der Waals surface area contributed by atoms with Crippen LogP contribution in [-0.2, 0) is 10.0 Å². The van der Waals surface area contributed by atoms with Gasteiger partial charge in [-0.15, -0.1) is 0 Å².